The molecule has 1 amide bonds. The Morgan fingerprint density at radius 1 is 1.17 bits per heavy atom. The zero-order chi connectivity index (χ0) is 17.4. The predicted molar refractivity (Wildman–Crippen MR) is 97.3 cm³/mol. The fourth-order valence-corrected chi connectivity index (χ4v) is 2.90. The van der Waals surface area contributed by atoms with Gasteiger partial charge in [-0.2, -0.15) is 0 Å². The van der Waals surface area contributed by atoms with Gasteiger partial charge in [0, 0.05) is 12.6 Å². The van der Waals surface area contributed by atoms with E-state index < -0.39 is 6.04 Å². The summed E-state index contributed by atoms with van der Waals surface area (Å²) in [5.41, 5.74) is 8.12. The van der Waals surface area contributed by atoms with E-state index >= 15 is 0 Å². The van der Waals surface area contributed by atoms with Crippen LogP contribution in [0.3, 0.4) is 0 Å². The van der Waals surface area contributed by atoms with Crippen molar-refractivity contribution in [1.82, 2.24) is 10.2 Å². The first-order valence-electron chi connectivity index (χ1n) is 8.72. The number of nitrogens with one attached hydrogen (secondary N) is 1. The van der Waals surface area contributed by atoms with Crippen molar-refractivity contribution in [3.8, 4) is 0 Å². The lowest BCUT2D eigenvalue weighted by Gasteiger charge is -2.31. The minimum atomic E-state index is -0.605. The number of benzene rings is 1. The summed E-state index contributed by atoms with van der Waals surface area (Å²) < 4.78 is 0. The van der Waals surface area contributed by atoms with Crippen LogP contribution < -0.4 is 11.1 Å². The van der Waals surface area contributed by atoms with Crippen LogP contribution >= 0.6 is 0 Å². The topological polar surface area (TPSA) is 58.4 Å². The molecule has 0 aliphatic heterocycles. The quantitative estimate of drug-likeness (QED) is 0.736. The molecule has 1 aromatic carbocycles. The lowest BCUT2D eigenvalue weighted by molar-refractivity contribution is -0.122. The van der Waals surface area contributed by atoms with Crippen LogP contribution in [0.15, 0.2) is 24.3 Å². The van der Waals surface area contributed by atoms with Gasteiger partial charge < -0.3 is 11.1 Å². The van der Waals surface area contributed by atoms with Crippen molar-refractivity contribution in [2.24, 2.45) is 11.7 Å². The second kappa shape index (κ2) is 9.68. The molecule has 1 aromatic rings. The lowest BCUT2D eigenvalue weighted by atomic mass is 10.0. The SMILES string of the molecule is CCN(CC)C(CNC(=O)C(N)c1ccc(C)cc1)CC(C)C. The Balaban J connectivity index is 2.64. The number of carbonyl (C=O) groups excluding carboxylic acids is 1. The second-order valence-corrected chi connectivity index (χ2v) is 6.64. The Labute approximate surface area is 141 Å². The molecule has 0 fully saturated rings. The molecule has 2 atom stereocenters. The summed E-state index contributed by atoms with van der Waals surface area (Å²) in [7, 11) is 0. The molecule has 4 nitrogen and oxygen atoms in total. The number of rotatable bonds is 9. The van der Waals surface area contributed by atoms with Crippen LogP contribution in [-0.4, -0.2) is 36.5 Å². The van der Waals surface area contributed by atoms with Gasteiger partial charge in [0.15, 0.2) is 0 Å². The number of hydrogen-bond acceptors (Lipinski definition) is 3. The van der Waals surface area contributed by atoms with E-state index in [2.05, 4.69) is 37.9 Å². The Kier molecular flexibility index (Phi) is 8.28. The molecule has 0 radical (unpaired) electrons. The molecule has 0 saturated heterocycles. The molecule has 23 heavy (non-hydrogen) atoms. The summed E-state index contributed by atoms with van der Waals surface area (Å²) in [4.78, 5) is 14.8. The molecule has 0 saturated carbocycles. The second-order valence-electron chi connectivity index (χ2n) is 6.64. The Bertz CT molecular complexity index is 466. The molecule has 3 N–H and O–H groups in total. The largest absolute Gasteiger partial charge is 0.353 e. The maximum absolute atomic E-state index is 12.4. The van der Waals surface area contributed by atoms with Crippen molar-refractivity contribution in [2.45, 2.75) is 53.1 Å². The minimum absolute atomic E-state index is 0.102. The fraction of sp³-hybridized carbons (Fsp3) is 0.632. The van der Waals surface area contributed by atoms with Gasteiger partial charge in [-0.1, -0.05) is 57.5 Å². The number of carbonyl (C=O) groups is 1. The average Bonchev–Trinajstić information content (AvgIpc) is 2.52. The highest BCUT2D eigenvalue weighted by Crippen LogP contribution is 2.13. The van der Waals surface area contributed by atoms with E-state index in [4.69, 9.17) is 5.73 Å². The number of nitrogens with two attached hydrogens (primary N) is 1. The van der Waals surface area contributed by atoms with Crippen LogP contribution in [0, 0.1) is 12.8 Å². The Hall–Kier alpha value is -1.39. The number of nitrogens with zero attached hydrogens (tertiary/aromatic N) is 1. The zero-order valence-electron chi connectivity index (χ0n) is 15.3. The van der Waals surface area contributed by atoms with Crippen LogP contribution in [0.1, 0.15) is 51.3 Å². The van der Waals surface area contributed by atoms with Crippen LogP contribution in [0.2, 0.25) is 0 Å². The van der Waals surface area contributed by atoms with E-state index in [1.165, 1.54) is 5.56 Å². The summed E-state index contributed by atoms with van der Waals surface area (Å²) in [5.74, 6) is 0.498. The van der Waals surface area contributed by atoms with Gasteiger partial charge in [0.05, 0.1) is 0 Å². The van der Waals surface area contributed by atoms with Crippen molar-refractivity contribution < 1.29 is 4.79 Å². The van der Waals surface area contributed by atoms with Gasteiger partial charge in [-0.25, -0.2) is 0 Å². The summed E-state index contributed by atoms with van der Waals surface area (Å²) in [5, 5.41) is 3.04. The Morgan fingerprint density at radius 2 is 1.74 bits per heavy atom. The fourth-order valence-electron chi connectivity index (χ4n) is 2.90. The van der Waals surface area contributed by atoms with Gasteiger partial charge in [-0.05, 0) is 37.9 Å². The maximum Gasteiger partial charge on any atom is 0.241 e. The average molecular weight is 319 g/mol. The third-order valence-corrected chi connectivity index (χ3v) is 4.30. The highest BCUT2D eigenvalue weighted by molar-refractivity contribution is 5.82. The highest BCUT2D eigenvalue weighted by atomic mass is 16.2. The number of amides is 1. The van der Waals surface area contributed by atoms with Crippen LogP contribution in [-0.2, 0) is 4.79 Å². The van der Waals surface area contributed by atoms with E-state index in [0.717, 1.165) is 25.1 Å². The first-order chi connectivity index (χ1) is 10.9. The van der Waals surface area contributed by atoms with Gasteiger partial charge in [-0.3, -0.25) is 9.69 Å². The van der Waals surface area contributed by atoms with Gasteiger partial charge in [0.1, 0.15) is 6.04 Å². The van der Waals surface area contributed by atoms with E-state index in [0.29, 0.717) is 18.5 Å². The molecule has 4 heteroatoms. The van der Waals surface area contributed by atoms with Crippen LogP contribution in [0.25, 0.3) is 0 Å². The van der Waals surface area contributed by atoms with E-state index in [1.807, 2.05) is 31.2 Å². The van der Waals surface area contributed by atoms with Gasteiger partial charge >= 0.3 is 0 Å². The molecule has 1 rings (SSSR count). The first-order valence-corrected chi connectivity index (χ1v) is 8.72. The van der Waals surface area contributed by atoms with E-state index in [9.17, 15) is 4.79 Å². The normalized spacial score (nSPS) is 14.1. The summed E-state index contributed by atoms with van der Waals surface area (Å²) in [6.45, 7) is 13.4. The molecule has 2 unspecified atom stereocenters. The number of aryl methyl sites for hydroxylation is 1. The first kappa shape index (κ1) is 19.7. The molecule has 130 valence electrons. The zero-order valence-corrected chi connectivity index (χ0v) is 15.3. The molecular formula is C19H33N3O. The van der Waals surface area contributed by atoms with E-state index in [-0.39, 0.29) is 5.91 Å². The monoisotopic (exact) mass is 319 g/mol. The van der Waals surface area contributed by atoms with Crippen molar-refractivity contribution in [3.05, 3.63) is 35.4 Å². The summed E-state index contributed by atoms with van der Waals surface area (Å²) in [6, 6.07) is 7.58. The molecule has 0 aromatic heterocycles. The van der Waals surface area contributed by atoms with Crippen molar-refractivity contribution in [3.63, 3.8) is 0 Å². The number of hydrogen-bond donors (Lipinski definition) is 2. The maximum atomic E-state index is 12.4. The third kappa shape index (κ3) is 6.32. The van der Waals surface area contributed by atoms with E-state index in [1.54, 1.807) is 0 Å². The summed E-state index contributed by atoms with van der Waals surface area (Å²) >= 11 is 0. The van der Waals surface area contributed by atoms with Crippen LogP contribution in [0.5, 0.6) is 0 Å². The van der Waals surface area contributed by atoms with Gasteiger partial charge in [0.2, 0.25) is 5.91 Å². The van der Waals surface area contributed by atoms with Crippen LogP contribution in [0.4, 0.5) is 0 Å². The van der Waals surface area contributed by atoms with Gasteiger partial charge in [-0.15, -0.1) is 0 Å². The Morgan fingerprint density at radius 3 is 2.22 bits per heavy atom. The third-order valence-electron chi connectivity index (χ3n) is 4.30. The smallest absolute Gasteiger partial charge is 0.241 e. The van der Waals surface area contributed by atoms with Crippen molar-refractivity contribution in [1.29, 1.82) is 0 Å². The lowest BCUT2D eigenvalue weighted by Crippen LogP contribution is -2.46. The molecule has 0 bridgehead atoms. The molecular weight excluding hydrogens is 286 g/mol. The molecule has 0 aliphatic rings. The molecule has 0 heterocycles. The summed E-state index contributed by atoms with van der Waals surface area (Å²) in [6.07, 6.45) is 1.07. The molecule has 0 spiro atoms. The van der Waals surface area contributed by atoms with Crippen molar-refractivity contribution in [2.75, 3.05) is 19.6 Å². The molecule has 0 aliphatic carbocycles. The van der Waals surface area contributed by atoms with Crippen molar-refractivity contribution >= 4 is 5.91 Å². The highest BCUT2D eigenvalue weighted by Gasteiger charge is 2.20. The predicted octanol–water partition coefficient (Wildman–Crippen LogP) is 2.87. The number of likely N-dealkylation sites (N-methyl/N-ethyl adjacent to an activating group) is 1. The van der Waals surface area contributed by atoms with Gasteiger partial charge in [0.25, 0.3) is 0 Å². The minimum Gasteiger partial charge on any atom is -0.353 e. The standard InChI is InChI=1S/C19H33N3O/c1-6-22(7-2)17(12-14(3)4)13-21-19(23)18(20)16-10-8-15(5)9-11-16/h8-11,14,17-18H,6-7,12-13,20H2,1-5H3,(H,21,23).